The van der Waals surface area contributed by atoms with Crippen molar-refractivity contribution in [3.05, 3.63) is 12.2 Å². The number of rotatable bonds is 1. The van der Waals surface area contributed by atoms with Crippen LogP contribution in [0.1, 0.15) is 46.0 Å². The third-order valence-electron chi connectivity index (χ3n) is 10.4. The van der Waals surface area contributed by atoms with Crippen molar-refractivity contribution in [3.8, 4) is 0 Å². The number of hydrogen-bond acceptors (Lipinski definition) is 4. The van der Waals surface area contributed by atoms with Crippen LogP contribution in [0.25, 0.3) is 0 Å². The molecule has 6 rings (SSSR count). The van der Waals surface area contributed by atoms with Gasteiger partial charge in [0.15, 0.2) is 0 Å². The van der Waals surface area contributed by atoms with Crippen molar-refractivity contribution in [2.24, 2.45) is 39.9 Å². The van der Waals surface area contributed by atoms with Crippen LogP contribution >= 0.6 is 0 Å². The highest BCUT2D eigenvalue weighted by Crippen LogP contribution is 2.83. The fourth-order valence-electron chi connectivity index (χ4n) is 9.75. The lowest BCUT2D eigenvalue weighted by Crippen LogP contribution is -2.68. The Morgan fingerprint density at radius 2 is 2.08 bits per heavy atom. The summed E-state index contributed by atoms with van der Waals surface area (Å²) in [5, 5.41) is 22.8. The van der Waals surface area contributed by atoms with Crippen molar-refractivity contribution in [1.82, 2.24) is 4.90 Å². The van der Waals surface area contributed by atoms with Crippen molar-refractivity contribution in [1.29, 1.82) is 0 Å². The monoisotopic (exact) mass is 357 g/mol. The molecular weight excluding hydrogens is 326 g/mol. The van der Waals surface area contributed by atoms with E-state index in [0.29, 0.717) is 24.3 Å². The minimum Gasteiger partial charge on any atom is -0.392 e. The molecule has 0 radical (unpaired) electrons. The number of Topliss-reactive ketones (excluding diaryl/α,β-unsaturated/α-hetero) is 1. The van der Waals surface area contributed by atoms with Crippen LogP contribution in [0.4, 0.5) is 0 Å². The minimum absolute atomic E-state index is 0.130. The summed E-state index contributed by atoms with van der Waals surface area (Å²) in [6.45, 7) is 10.9. The predicted octanol–water partition coefficient (Wildman–Crippen LogP) is 2.00. The number of likely N-dealkylation sites (tertiary alicyclic amines) is 1. The molecule has 7 bridgehead atoms. The summed E-state index contributed by atoms with van der Waals surface area (Å²) in [5.74, 6) is 1.16. The third-order valence-corrected chi connectivity index (χ3v) is 10.4. The number of nitrogens with zero attached hydrogens (tertiary/aromatic N) is 1. The first-order chi connectivity index (χ1) is 12.3. The highest BCUT2D eigenvalue weighted by atomic mass is 16.3. The third kappa shape index (κ3) is 1.33. The lowest BCUT2D eigenvalue weighted by Gasteiger charge is -2.65. The fraction of sp³-hybridized carbons (Fsp3) is 0.864. The lowest BCUT2D eigenvalue weighted by molar-refractivity contribution is -0.211. The molecule has 2 N–H and O–H groups in total. The predicted molar refractivity (Wildman–Crippen MR) is 97.2 cm³/mol. The molecule has 4 unspecified atom stereocenters. The summed E-state index contributed by atoms with van der Waals surface area (Å²) >= 11 is 0. The fourth-order valence-corrected chi connectivity index (χ4v) is 9.75. The Kier molecular flexibility index (Phi) is 2.80. The highest BCUT2D eigenvalue weighted by Gasteiger charge is 2.85. The van der Waals surface area contributed by atoms with E-state index in [9.17, 15) is 15.0 Å². The summed E-state index contributed by atoms with van der Waals surface area (Å²) in [6.07, 6.45) is 3.50. The van der Waals surface area contributed by atoms with Crippen molar-refractivity contribution >= 4 is 5.78 Å². The summed E-state index contributed by atoms with van der Waals surface area (Å²) < 4.78 is 0. The Balaban J connectivity index is 1.62. The lowest BCUT2D eigenvalue weighted by atomic mass is 9.43. The minimum atomic E-state index is -0.561. The van der Waals surface area contributed by atoms with Crippen LogP contribution < -0.4 is 0 Å². The van der Waals surface area contributed by atoms with Gasteiger partial charge in [0, 0.05) is 35.8 Å². The largest absolute Gasteiger partial charge is 0.392 e. The van der Waals surface area contributed by atoms with Crippen LogP contribution in [0.15, 0.2) is 12.2 Å². The molecule has 0 aromatic rings. The molecule has 1 saturated heterocycles. The quantitative estimate of drug-likeness (QED) is 0.705. The van der Waals surface area contributed by atoms with Gasteiger partial charge in [-0.1, -0.05) is 20.4 Å². The molecule has 2 spiro atoms. The van der Waals surface area contributed by atoms with Gasteiger partial charge in [-0.05, 0) is 61.0 Å². The maximum atomic E-state index is 13.0. The van der Waals surface area contributed by atoms with E-state index in [1.54, 1.807) is 0 Å². The molecule has 4 nitrogen and oxygen atoms in total. The number of aliphatic hydroxyl groups excluding tert-OH is 2. The average molecular weight is 357 g/mol. The molecule has 4 heteroatoms. The molecule has 6 aliphatic rings. The van der Waals surface area contributed by atoms with Gasteiger partial charge in [0.2, 0.25) is 0 Å². The maximum Gasteiger partial charge on any atom is 0.140 e. The van der Waals surface area contributed by atoms with Gasteiger partial charge < -0.3 is 10.2 Å². The molecule has 0 aromatic heterocycles. The second-order valence-electron chi connectivity index (χ2n) is 10.7. The summed E-state index contributed by atoms with van der Waals surface area (Å²) in [7, 11) is 0. The summed E-state index contributed by atoms with van der Waals surface area (Å²) in [5.41, 5.74) is 0.598. The van der Waals surface area contributed by atoms with E-state index in [1.807, 2.05) is 0 Å². The van der Waals surface area contributed by atoms with Crippen LogP contribution in [0.3, 0.4) is 0 Å². The van der Waals surface area contributed by atoms with Gasteiger partial charge in [-0.25, -0.2) is 0 Å². The molecule has 142 valence electrons. The number of ketones is 1. The van der Waals surface area contributed by atoms with Gasteiger partial charge >= 0.3 is 0 Å². The normalized spacial score (nSPS) is 62.7. The summed E-state index contributed by atoms with van der Waals surface area (Å²) in [6, 6.07) is 0.331. The first-order valence-electron chi connectivity index (χ1n) is 10.6. The van der Waals surface area contributed by atoms with Crippen molar-refractivity contribution in [2.75, 3.05) is 13.1 Å². The van der Waals surface area contributed by atoms with E-state index in [4.69, 9.17) is 0 Å². The second-order valence-corrected chi connectivity index (χ2v) is 10.7. The Bertz CT molecular complexity index is 735. The first kappa shape index (κ1) is 16.3. The van der Waals surface area contributed by atoms with Crippen LogP contribution in [0, 0.1) is 39.9 Å². The Morgan fingerprint density at radius 3 is 2.81 bits per heavy atom. The Labute approximate surface area is 155 Å². The molecular formula is C22H31NO3. The molecule has 0 amide bonds. The molecule has 10 atom stereocenters. The Morgan fingerprint density at radius 1 is 1.31 bits per heavy atom. The van der Waals surface area contributed by atoms with Crippen molar-refractivity contribution in [3.63, 3.8) is 0 Å². The van der Waals surface area contributed by atoms with Crippen molar-refractivity contribution < 1.29 is 15.0 Å². The zero-order valence-corrected chi connectivity index (χ0v) is 15.9. The van der Waals surface area contributed by atoms with Crippen LogP contribution in [-0.4, -0.2) is 52.2 Å². The van der Waals surface area contributed by atoms with Gasteiger partial charge in [0.25, 0.3) is 0 Å². The van der Waals surface area contributed by atoms with Gasteiger partial charge in [-0.15, -0.1) is 0 Å². The topological polar surface area (TPSA) is 60.8 Å². The number of aliphatic hydroxyl groups is 2. The van der Waals surface area contributed by atoms with Crippen LogP contribution in [0.5, 0.6) is 0 Å². The van der Waals surface area contributed by atoms with E-state index >= 15 is 0 Å². The highest BCUT2D eigenvalue weighted by molar-refractivity contribution is 5.87. The number of hydrogen-bond donors (Lipinski definition) is 2. The number of piperidine rings is 1. The van der Waals surface area contributed by atoms with E-state index in [0.717, 1.165) is 44.3 Å². The molecule has 1 aliphatic heterocycles. The first-order valence-corrected chi connectivity index (χ1v) is 10.6. The van der Waals surface area contributed by atoms with Crippen LogP contribution in [-0.2, 0) is 4.79 Å². The molecule has 6 fully saturated rings. The molecule has 0 aromatic carbocycles. The SMILES string of the molecule is C=C1[C@@H]2C[C@]3(C(CC2=O)C24C(O)CC[C@@]5(C)CN(CC)[C@H]2[C@H]3CC45)[C@@H]1O. The molecule has 26 heavy (non-hydrogen) atoms. The zero-order valence-electron chi connectivity index (χ0n) is 15.9. The van der Waals surface area contributed by atoms with E-state index in [1.165, 1.54) is 0 Å². The van der Waals surface area contributed by atoms with Gasteiger partial charge in [-0.3, -0.25) is 9.69 Å². The molecule has 5 saturated carbocycles. The zero-order chi connectivity index (χ0) is 18.2. The second kappa shape index (κ2) is 4.47. The van der Waals surface area contributed by atoms with Gasteiger partial charge in [0.1, 0.15) is 5.78 Å². The molecule has 1 heterocycles. The standard InChI is InChI=1S/C22H31NO3/c1-4-23-10-20(3)6-5-17(25)22-15(20)7-13(18(22)23)21-9-12(11(2)19(21)26)14(24)8-16(21)22/h12-13,15-19,25-26H,2,4-10H2,1,3H3/t12-,13+,15?,16?,17?,18-,19+,20-,21-,22?/m0/s1. The van der Waals surface area contributed by atoms with E-state index in [-0.39, 0.29) is 40.0 Å². The Hall–Kier alpha value is -0.710. The van der Waals surface area contributed by atoms with Gasteiger partial charge in [-0.2, -0.15) is 0 Å². The maximum absolute atomic E-state index is 13.0. The van der Waals surface area contributed by atoms with Crippen LogP contribution in [0.2, 0.25) is 0 Å². The number of carbonyl (C=O) groups is 1. The van der Waals surface area contributed by atoms with E-state index in [2.05, 4.69) is 25.3 Å². The smallest absolute Gasteiger partial charge is 0.140 e. The summed E-state index contributed by atoms with van der Waals surface area (Å²) in [4.78, 5) is 15.6. The van der Waals surface area contributed by atoms with E-state index < -0.39 is 6.10 Å². The molecule has 5 aliphatic carbocycles. The number of carbonyl (C=O) groups excluding carboxylic acids is 1. The van der Waals surface area contributed by atoms with Gasteiger partial charge in [0.05, 0.1) is 12.2 Å². The number of fused-ring (bicyclic) bond motifs is 1. The van der Waals surface area contributed by atoms with Crippen molar-refractivity contribution in [2.45, 2.75) is 64.2 Å². The average Bonchev–Trinajstić information content (AvgIpc) is 3.14.